The molecule has 40 heavy (non-hydrogen) atoms. The molecule has 0 unspecified atom stereocenters. The van der Waals surface area contributed by atoms with Crippen LogP contribution in [0.2, 0.25) is 0 Å². The fourth-order valence-electron chi connectivity index (χ4n) is 6.40. The molecule has 2 aromatic carbocycles. The smallest absolute Gasteiger partial charge is 0.255 e. The average Bonchev–Trinajstić information content (AvgIpc) is 3.00. The van der Waals surface area contributed by atoms with Gasteiger partial charge in [-0.05, 0) is 73.4 Å². The van der Waals surface area contributed by atoms with Gasteiger partial charge in [-0.15, -0.1) is 0 Å². The number of nitrogens with zero attached hydrogens (tertiary/aromatic N) is 4. The Balaban J connectivity index is 1.19. The first-order valence-corrected chi connectivity index (χ1v) is 14.6. The number of pyridine rings is 2. The summed E-state index contributed by atoms with van der Waals surface area (Å²) in [5.74, 6) is 1.11. The third-order valence-electron chi connectivity index (χ3n) is 8.66. The Morgan fingerprint density at radius 1 is 0.875 bits per heavy atom. The van der Waals surface area contributed by atoms with E-state index in [1.165, 1.54) is 18.4 Å². The average molecular weight is 535 g/mol. The van der Waals surface area contributed by atoms with Crippen molar-refractivity contribution in [1.29, 1.82) is 0 Å². The Morgan fingerprint density at radius 3 is 2.58 bits per heavy atom. The highest BCUT2D eigenvalue weighted by Crippen LogP contribution is 2.39. The van der Waals surface area contributed by atoms with E-state index < -0.39 is 0 Å². The number of hydrogen-bond donors (Lipinski definition) is 0. The summed E-state index contributed by atoms with van der Waals surface area (Å²) >= 11 is 0. The molecule has 6 heteroatoms. The van der Waals surface area contributed by atoms with Crippen LogP contribution in [0, 0.1) is 5.41 Å². The molecule has 2 aliphatic rings. The number of carbonyl (C=O) groups excluding carboxylic acids is 1. The van der Waals surface area contributed by atoms with E-state index in [9.17, 15) is 4.79 Å². The molecule has 2 aromatic heterocycles. The van der Waals surface area contributed by atoms with Gasteiger partial charge in [-0.25, -0.2) is 0 Å². The Morgan fingerprint density at radius 2 is 1.70 bits per heavy atom. The number of aryl methyl sites for hydroxylation is 1. The fraction of sp³-hybridized carbons (Fsp3) is 0.382. The zero-order valence-corrected chi connectivity index (χ0v) is 23.2. The summed E-state index contributed by atoms with van der Waals surface area (Å²) in [6.07, 6.45) is 10.2. The SMILES string of the molecule is O=C(c1cnc2ccccc2c1)N1CCC2(CCCCc3ccccc3OCCN(Cc3ccccn3)C2)CC1. The largest absolute Gasteiger partial charge is 0.492 e. The highest BCUT2D eigenvalue weighted by Gasteiger charge is 2.37. The van der Waals surface area contributed by atoms with Crippen molar-refractivity contribution in [2.75, 3.05) is 32.8 Å². The summed E-state index contributed by atoms with van der Waals surface area (Å²) < 4.78 is 6.31. The third kappa shape index (κ3) is 6.18. The third-order valence-corrected chi connectivity index (χ3v) is 8.66. The Kier molecular flexibility index (Phi) is 8.05. The molecule has 2 aliphatic heterocycles. The minimum Gasteiger partial charge on any atom is -0.492 e. The summed E-state index contributed by atoms with van der Waals surface area (Å²) in [4.78, 5) is 27.2. The van der Waals surface area contributed by atoms with E-state index in [1.54, 1.807) is 6.20 Å². The number of carbonyl (C=O) groups is 1. The lowest BCUT2D eigenvalue weighted by Gasteiger charge is -2.45. The summed E-state index contributed by atoms with van der Waals surface area (Å²) in [5, 5.41) is 1.01. The molecule has 4 heterocycles. The maximum Gasteiger partial charge on any atom is 0.255 e. The molecular formula is C34H38N4O2. The van der Waals surface area contributed by atoms with Gasteiger partial charge in [0, 0.05) is 50.5 Å². The first-order valence-electron chi connectivity index (χ1n) is 14.6. The topological polar surface area (TPSA) is 58.6 Å². The van der Waals surface area contributed by atoms with Crippen molar-refractivity contribution in [3.8, 4) is 5.75 Å². The number of rotatable bonds is 3. The molecule has 0 atom stereocenters. The quantitative estimate of drug-likeness (QED) is 0.315. The predicted octanol–water partition coefficient (Wildman–Crippen LogP) is 6.16. The summed E-state index contributed by atoms with van der Waals surface area (Å²) in [5.41, 5.74) is 4.16. The molecule has 0 radical (unpaired) electrons. The minimum atomic E-state index is 0.0941. The number of hydrogen-bond acceptors (Lipinski definition) is 5. The number of amides is 1. The fourth-order valence-corrected chi connectivity index (χ4v) is 6.40. The second kappa shape index (κ2) is 12.2. The normalized spacial score (nSPS) is 18.4. The molecule has 0 bridgehead atoms. The second-order valence-corrected chi connectivity index (χ2v) is 11.4. The van der Waals surface area contributed by atoms with Crippen LogP contribution in [-0.4, -0.2) is 58.5 Å². The van der Waals surface area contributed by atoms with Crippen LogP contribution < -0.4 is 4.74 Å². The van der Waals surface area contributed by atoms with Gasteiger partial charge >= 0.3 is 0 Å². The zero-order valence-electron chi connectivity index (χ0n) is 23.2. The van der Waals surface area contributed by atoms with Gasteiger partial charge in [-0.3, -0.25) is 19.7 Å². The maximum absolute atomic E-state index is 13.5. The summed E-state index contributed by atoms with van der Waals surface area (Å²) in [6, 6.07) is 24.6. The van der Waals surface area contributed by atoms with Crippen molar-refractivity contribution < 1.29 is 9.53 Å². The molecule has 0 aliphatic carbocycles. The van der Waals surface area contributed by atoms with E-state index in [0.717, 1.165) is 80.8 Å². The lowest BCUT2D eigenvalue weighted by molar-refractivity contribution is 0.0358. The lowest BCUT2D eigenvalue weighted by Crippen LogP contribution is -2.48. The van der Waals surface area contributed by atoms with Crippen LogP contribution in [-0.2, 0) is 13.0 Å². The first kappa shape index (κ1) is 26.5. The number of ether oxygens (including phenoxy) is 1. The number of likely N-dealkylation sites (tertiary alicyclic amines) is 1. The molecule has 206 valence electrons. The van der Waals surface area contributed by atoms with Crippen LogP contribution in [0.25, 0.3) is 10.9 Å². The molecule has 1 saturated heterocycles. The van der Waals surface area contributed by atoms with Crippen LogP contribution in [0.15, 0.2) is 85.2 Å². The van der Waals surface area contributed by atoms with Gasteiger partial charge in [0.2, 0.25) is 0 Å². The van der Waals surface area contributed by atoms with E-state index in [4.69, 9.17) is 4.74 Å². The second-order valence-electron chi connectivity index (χ2n) is 11.4. The summed E-state index contributed by atoms with van der Waals surface area (Å²) in [7, 11) is 0. The monoisotopic (exact) mass is 534 g/mol. The Bertz CT molecular complexity index is 1430. The van der Waals surface area contributed by atoms with Crippen LogP contribution in [0.1, 0.15) is 53.7 Å². The molecule has 6 nitrogen and oxygen atoms in total. The molecule has 6 rings (SSSR count). The van der Waals surface area contributed by atoms with Crippen LogP contribution in [0.5, 0.6) is 5.75 Å². The highest BCUT2D eigenvalue weighted by atomic mass is 16.5. The number of fused-ring (bicyclic) bond motifs is 2. The lowest BCUT2D eigenvalue weighted by atomic mass is 9.73. The van der Waals surface area contributed by atoms with Gasteiger partial charge in [0.05, 0.1) is 16.8 Å². The standard InChI is InChI=1S/C34H38N4O2/c39-33(29-23-28-11-1-3-13-31(28)36-24-29)38-19-16-34(17-20-38)15-7-5-10-27-9-2-4-14-32(27)40-22-21-37(26-34)25-30-12-6-8-18-35-30/h1-4,6,8-9,11-14,18,23-24H,5,7,10,15-17,19-22,25-26H2. The van der Waals surface area contributed by atoms with Crippen LogP contribution in [0.3, 0.4) is 0 Å². The zero-order chi connectivity index (χ0) is 27.2. The molecular weight excluding hydrogens is 496 g/mol. The molecule has 0 N–H and O–H groups in total. The minimum absolute atomic E-state index is 0.0941. The van der Waals surface area contributed by atoms with E-state index in [-0.39, 0.29) is 11.3 Å². The van der Waals surface area contributed by atoms with Crippen molar-refractivity contribution in [2.45, 2.75) is 45.1 Å². The van der Waals surface area contributed by atoms with Crippen molar-refractivity contribution >= 4 is 16.8 Å². The van der Waals surface area contributed by atoms with Crippen molar-refractivity contribution in [2.24, 2.45) is 5.41 Å². The van der Waals surface area contributed by atoms with Gasteiger partial charge in [0.25, 0.3) is 5.91 Å². The Hall–Kier alpha value is -3.77. The van der Waals surface area contributed by atoms with Crippen molar-refractivity contribution in [1.82, 2.24) is 19.8 Å². The summed E-state index contributed by atoms with van der Waals surface area (Å²) in [6.45, 7) is 4.86. The molecule has 1 amide bonds. The Labute approximate surface area is 237 Å². The molecule has 1 fully saturated rings. The number of benzene rings is 2. The van der Waals surface area contributed by atoms with E-state index in [2.05, 4.69) is 51.3 Å². The number of para-hydroxylation sites is 2. The molecule has 4 aromatic rings. The molecule has 1 spiro atoms. The molecule has 0 saturated carbocycles. The van der Waals surface area contributed by atoms with Gasteiger partial charge in [-0.2, -0.15) is 0 Å². The number of piperidine rings is 1. The van der Waals surface area contributed by atoms with Gasteiger partial charge in [0.1, 0.15) is 12.4 Å². The van der Waals surface area contributed by atoms with Crippen LogP contribution in [0.4, 0.5) is 0 Å². The van der Waals surface area contributed by atoms with E-state index in [0.29, 0.717) is 12.2 Å². The number of aromatic nitrogens is 2. The van der Waals surface area contributed by atoms with Gasteiger partial charge < -0.3 is 9.64 Å². The van der Waals surface area contributed by atoms with E-state index in [1.807, 2.05) is 47.5 Å². The van der Waals surface area contributed by atoms with Crippen LogP contribution >= 0.6 is 0 Å². The van der Waals surface area contributed by atoms with E-state index >= 15 is 0 Å². The van der Waals surface area contributed by atoms with Crippen molar-refractivity contribution in [3.05, 3.63) is 102 Å². The first-order chi connectivity index (χ1) is 19.7. The van der Waals surface area contributed by atoms with Gasteiger partial charge in [0.15, 0.2) is 0 Å². The van der Waals surface area contributed by atoms with Crippen molar-refractivity contribution in [3.63, 3.8) is 0 Å². The highest BCUT2D eigenvalue weighted by molar-refractivity contribution is 5.97. The maximum atomic E-state index is 13.5. The predicted molar refractivity (Wildman–Crippen MR) is 158 cm³/mol. The van der Waals surface area contributed by atoms with Gasteiger partial charge in [-0.1, -0.05) is 48.9 Å².